The quantitative estimate of drug-likeness (QED) is 0.480. The van der Waals surface area contributed by atoms with Crippen LogP contribution >= 0.6 is 23.2 Å². The predicted molar refractivity (Wildman–Crippen MR) is 112 cm³/mol. The van der Waals surface area contributed by atoms with E-state index in [2.05, 4.69) is 10.6 Å². The van der Waals surface area contributed by atoms with Crippen LogP contribution in [0, 0.1) is 16.0 Å². The van der Waals surface area contributed by atoms with E-state index in [9.17, 15) is 19.7 Å². The minimum Gasteiger partial charge on any atom is -0.354 e. The van der Waals surface area contributed by atoms with Crippen molar-refractivity contribution in [2.24, 2.45) is 5.92 Å². The van der Waals surface area contributed by atoms with Crippen LogP contribution in [0.3, 0.4) is 0 Å². The fourth-order valence-corrected chi connectivity index (χ4v) is 2.96. The lowest BCUT2D eigenvalue weighted by Gasteiger charge is -2.22. The number of hydrogen-bond acceptors (Lipinski definition) is 4. The lowest BCUT2D eigenvalue weighted by atomic mass is 10.0. The van der Waals surface area contributed by atoms with Gasteiger partial charge in [0, 0.05) is 23.2 Å². The minimum atomic E-state index is -0.789. The van der Waals surface area contributed by atoms with Crippen LogP contribution in [0.25, 0.3) is 0 Å². The molecular weight excluding hydrogens is 417 g/mol. The molecule has 9 heteroatoms. The third-order valence-corrected chi connectivity index (χ3v) is 4.84. The molecule has 2 aromatic carbocycles. The number of nitrogens with zero attached hydrogens (tertiary/aromatic N) is 1. The molecule has 0 heterocycles. The first-order chi connectivity index (χ1) is 13.7. The van der Waals surface area contributed by atoms with Crippen LogP contribution in [-0.2, 0) is 11.2 Å². The highest BCUT2D eigenvalue weighted by Gasteiger charge is 2.25. The lowest BCUT2D eigenvalue weighted by molar-refractivity contribution is -0.384. The van der Waals surface area contributed by atoms with E-state index in [1.54, 1.807) is 26.0 Å². The van der Waals surface area contributed by atoms with E-state index in [0.29, 0.717) is 18.0 Å². The fourth-order valence-electron chi connectivity index (χ4n) is 2.64. The Kier molecular flexibility index (Phi) is 7.99. The standard InChI is InChI=1S/C20H21Cl2N3O4/c1-12(2)18(20(27)23-10-9-13-3-6-15(21)7-4-13)24-19(26)14-5-8-16(22)17(11-14)25(28)29/h3-8,11-12,18H,9-10H2,1-2H3,(H,23,27)(H,24,26)/t18-/m0/s1. The van der Waals surface area contributed by atoms with Gasteiger partial charge in [0.05, 0.1) is 4.92 Å². The van der Waals surface area contributed by atoms with E-state index < -0.39 is 16.9 Å². The van der Waals surface area contributed by atoms with Crippen LogP contribution in [-0.4, -0.2) is 29.3 Å². The van der Waals surface area contributed by atoms with Crippen LogP contribution in [0.1, 0.15) is 29.8 Å². The first kappa shape index (κ1) is 22.6. The first-order valence-electron chi connectivity index (χ1n) is 8.96. The van der Waals surface area contributed by atoms with Gasteiger partial charge in [-0.2, -0.15) is 0 Å². The molecule has 0 saturated heterocycles. The van der Waals surface area contributed by atoms with Crippen LogP contribution in [0.2, 0.25) is 10.0 Å². The SMILES string of the molecule is CC(C)[C@H](NC(=O)c1ccc(Cl)c([N+](=O)[O-])c1)C(=O)NCCc1ccc(Cl)cc1. The molecule has 7 nitrogen and oxygen atoms in total. The summed E-state index contributed by atoms with van der Waals surface area (Å²) in [5.41, 5.74) is 0.710. The Bertz CT molecular complexity index is 901. The largest absolute Gasteiger partial charge is 0.354 e. The second-order valence-corrected chi connectivity index (χ2v) is 7.63. The number of benzene rings is 2. The number of nitrogens with one attached hydrogen (secondary N) is 2. The number of carbonyl (C=O) groups excluding carboxylic acids is 2. The third kappa shape index (κ3) is 6.44. The zero-order chi connectivity index (χ0) is 21.6. The molecule has 0 spiro atoms. The number of carbonyl (C=O) groups is 2. The fraction of sp³-hybridized carbons (Fsp3) is 0.300. The Morgan fingerprint density at radius 3 is 2.34 bits per heavy atom. The van der Waals surface area contributed by atoms with Gasteiger partial charge in [-0.15, -0.1) is 0 Å². The number of amides is 2. The van der Waals surface area contributed by atoms with Crippen molar-refractivity contribution in [3.8, 4) is 0 Å². The highest BCUT2D eigenvalue weighted by atomic mass is 35.5. The Balaban J connectivity index is 2.00. The maximum absolute atomic E-state index is 12.5. The minimum absolute atomic E-state index is 0.0562. The summed E-state index contributed by atoms with van der Waals surface area (Å²) in [6.45, 7) is 3.99. The molecule has 0 aliphatic rings. The summed E-state index contributed by atoms with van der Waals surface area (Å²) in [5, 5.41) is 17.0. The molecule has 2 aromatic rings. The summed E-state index contributed by atoms with van der Waals surface area (Å²) in [4.78, 5) is 35.4. The zero-order valence-corrected chi connectivity index (χ0v) is 17.5. The topological polar surface area (TPSA) is 101 Å². The molecule has 1 atom stereocenters. The second-order valence-electron chi connectivity index (χ2n) is 6.79. The molecular formula is C20H21Cl2N3O4. The van der Waals surface area contributed by atoms with Gasteiger partial charge in [0.25, 0.3) is 11.6 Å². The molecule has 0 unspecified atom stereocenters. The number of hydrogen-bond donors (Lipinski definition) is 2. The molecule has 0 saturated carbocycles. The summed E-state index contributed by atoms with van der Waals surface area (Å²) in [6.07, 6.45) is 0.616. The summed E-state index contributed by atoms with van der Waals surface area (Å²) >= 11 is 11.6. The highest BCUT2D eigenvalue weighted by molar-refractivity contribution is 6.32. The van der Waals surface area contributed by atoms with Crippen molar-refractivity contribution in [2.45, 2.75) is 26.3 Å². The average molecular weight is 438 g/mol. The van der Waals surface area contributed by atoms with Gasteiger partial charge in [-0.3, -0.25) is 19.7 Å². The summed E-state index contributed by atoms with van der Waals surface area (Å²) < 4.78 is 0. The second kappa shape index (κ2) is 10.2. The van der Waals surface area contributed by atoms with E-state index >= 15 is 0 Å². The van der Waals surface area contributed by atoms with Crippen molar-refractivity contribution in [1.82, 2.24) is 10.6 Å². The molecule has 0 bridgehead atoms. The molecule has 154 valence electrons. The molecule has 0 radical (unpaired) electrons. The van der Waals surface area contributed by atoms with Gasteiger partial charge in [-0.25, -0.2) is 0 Å². The molecule has 0 aliphatic heterocycles. The molecule has 2 rings (SSSR count). The highest BCUT2D eigenvalue weighted by Crippen LogP contribution is 2.25. The summed E-state index contributed by atoms with van der Waals surface area (Å²) in [6, 6.07) is 10.3. The average Bonchev–Trinajstić information content (AvgIpc) is 2.67. The van der Waals surface area contributed by atoms with Crippen molar-refractivity contribution < 1.29 is 14.5 Å². The van der Waals surface area contributed by atoms with Crippen molar-refractivity contribution >= 4 is 40.7 Å². The number of nitro benzene ring substituents is 1. The van der Waals surface area contributed by atoms with Gasteiger partial charge in [-0.1, -0.05) is 49.2 Å². The molecule has 0 aliphatic carbocycles. The van der Waals surface area contributed by atoms with Crippen molar-refractivity contribution in [2.75, 3.05) is 6.54 Å². The van der Waals surface area contributed by atoms with E-state index in [1.165, 1.54) is 12.1 Å². The number of nitro groups is 1. The van der Waals surface area contributed by atoms with E-state index in [0.717, 1.165) is 11.6 Å². The monoisotopic (exact) mass is 437 g/mol. The number of rotatable bonds is 8. The van der Waals surface area contributed by atoms with E-state index in [4.69, 9.17) is 23.2 Å². The van der Waals surface area contributed by atoms with Crippen molar-refractivity contribution in [3.05, 3.63) is 73.8 Å². The van der Waals surface area contributed by atoms with Crippen LogP contribution in [0.4, 0.5) is 5.69 Å². The molecule has 29 heavy (non-hydrogen) atoms. The molecule has 0 aromatic heterocycles. The molecule has 2 amide bonds. The third-order valence-electron chi connectivity index (χ3n) is 4.27. The van der Waals surface area contributed by atoms with Gasteiger partial charge in [0.1, 0.15) is 11.1 Å². The van der Waals surface area contributed by atoms with Crippen LogP contribution in [0.15, 0.2) is 42.5 Å². The van der Waals surface area contributed by atoms with Gasteiger partial charge in [0.2, 0.25) is 5.91 Å². The van der Waals surface area contributed by atoms with Gasteiger partial charge in [0.15, 0.2) is 0 Å². The lowest BCUT2D eigenvalue weighted by Crippen LogP contribution is -2.50. The maximum atomic E-state index is 12.5. The zero-order valence-electron chi connectivity index (χ0n) is 15.9. The van der Waals surface area contributed by atoms with Crippen molar-refractivity contribution in [3.63, 3.8) is 0 Å². The Morgan fingerprint density at radius 1 is 1.10 bits per heavy atom. The van der Waals surface area contributed by atoms with E-state index in [1.807, 2.05) is 12.1 Å². The Morgan fingerprint density at radius 2 is 1.76 bits per heavy atom. The molecule has 0 fully saturated rings. The van der Waals surface area contributed by atoms with Gasteiger partial charge in [-0.05, 0) is 42.2 Å². The van der Waals surface area contributed by atoms with E-state index in [-0.39, 0.29) is 28.1 Å². The summed E-state index contributed by atoms with van der Waals surface area (Å²) in [7, 11) is 0. The predicted octanol–water partition coefficient (Wildman–Crippen LogP) is 4.01. The Hall–Kier alpha value is -2.64. The Labute approximate surface area is 178 Å². The van der Waals surface area contributed by atoms with Crippen molar-refractivity contribution in [1.29, 1.82) is 0 Å². The molecule has 2 N–H and O–H groups in total. The van der Waals surface area contributed by atoms with Gasteiger partial charge < -0.3 is 10.6 Å². The van der Waals surface area contributed by atoms with Crippen LogP contribution < -0.4 is 10.6 Å². The number of halogens is 2. The first-order valence-corrected chi connectivity index (χ1v) is 9.71. The van der Waals surface area contributed by atoms with Gasteiger partial charge >= 0.3 is 0 Å². The smallest absolute Gasteiger partial charge is 0.288 e. The normalized spacial score (nSPS) is 11.8. The maximum Gasteiger partial charge on any atom is 0.288 e. The van der Waals surface area contributed by atoms with Crippen LogP contribution in [0.5, 0.6) is 0 Å². The summed E-state index contributed by atoms with van der Waals surface area (Å²) in [5.74, 6) is -1.10.